The first kappa shape index (κ1) is 14.7. The van der Waals surface area contributed by atoms with Gasteiger partial charge in [-0.05, 0) is 38.3 Å². The fourth-order valence-electron chi connectivity index (χ4n) is 1.50. The topological polar surface area (TPSA) is 72.5 Å². The number of nitrogens with two attached hydrogens (primary N) is 1. The average molecular weight is 251 g/mol. The number of hydrogen-bond acceptors (Lipinski definition) is 4. The molecule has 0 aliphatic carbocycles. The van der Waals surface area contributed by atoms with Gasteiger partial charge < -0.3 is 15.6 Å². The van der Waals surface area contributed by atoms with Crippen molar-refractivity contribution < 1.29 is 14.6 Å². The summed E-state index contributed by atoms with van der Waals surface area (Å²) in [5.41, 5.74) is 7.07. The quantitative estimate of drug-likeness (QED) is 0.793. The van der Waals surface area contributed by atoms with E-state index in [1.54, 1.807) is 0 Å². The molecule has 0 fully saturated rings. The van der Waals surface area contributed by atoms with Crippen molar-refractivity contribution in [2.75, 3.05) is 0 Å². The van der Waals surface area contributed by atoms with Gasteiger partial charge >= 0.3 is 5.97 Å². The molecule has 0 aliphatic heterocycles. The molecule has 0 aromatic heterocycles. The average Bonchev–Trinajstić information content (AvgIpc) is 2.27. The van der Waals surface area contributed by atoms with Crippen LogP contribution >= 0.6 is 0 Å². The minimum Gasteiger partial charge on any atom is -0.459 e. The highest BCUT2D eigenvalue weighted by Crippen LogP contribution is 2.11. The Morgan fingerprint density at radius 3 is 2.22 bits per heavy atom. The van der Waals surface area contributed by atoms with Crippen LogP contribution in [0.4, 0.5) is 0 Å². The zero-order chi connectivity index (χ0) is 13.8. The van der Waals surface area contributed by atoms with E-state index < -0.39 is 17.6 Å². The van der Waals surface area contributed by atoms with E-state index in [1.165, 1.54) is 0 Å². The van der Waals surface area contributed by atoms with Gasteiger partial charge in [-0.15, -0.1) is 0 Å². The Balaban J connectivity index is 2.58. The molecule has 0 saturated carbocycles. The summed E-state index contributed by atoms with van der Waals surface area (Å²) in [4.78, 5) is 11.7. The summed E-state index contributed by atoms with van der Waals surface area (Å²) in [5.74, 6) is -0.395. The van der Waals surface area contributed by atoms with Gasteiger partial charge in [0.15, 0.2) is 0 Å². The van der Waals surface area contributed by atoms with Crippen molar-refractivity contribution in [3.63, 3.8) is 0 Å². The third kappa shape index (κ3) is 4.85. The van der Waals surface area contributed by atoms with Crippen LogP contribution in [-0.4, -0.2) is 22.7 Å². The van der Waals surface area contributed by atoms with Gasteiger partial charge in [0.2, 0.25) is 0 Å². The molecule has 18 heavy (non-hydrogen) atoms. The molecule has 0 amide bonds. The second-order valence-electron chi connectivity index (χ2n) is 5.32. The summed E-state index contributed by atoms with van der Waals surface area (Å²) in [7, 11) is 0. The summed E-state index contributed by atoms with van der Waals surface area (Å²) in [6, 6.07) is 6.68. The van der Waals surface area contributed by atoms with Gasteiger partial charge in [-0.3, -0.25) is 4.79 Å². The standard InChI is InChI=1S/C14H21NO3/c1-14(2,3)18-13(17)12(15)8-10-4-6-11(9-16)7-5-10/h4-7,12,16H,8-9,15H2,1-3H3. The molecule has 1 aromatic carbocycles. The zero-order valence-electron chi connectivity index (χ0n) is 11.1. The molecule has 0 aliphatic rings. The first-order chi connectivity index (χ1) is 8.31. The maximum Gasteiger partial charge on any atom is 0.323 e. The number of aliphatic hydroxyl groups excluding tert-OH is 1. The minimum absolute atomic E-state index is 0.0123. The van der Waals surface area contributed by atoms with Crippen molar-refractivity contribution >= 4 is 5.97 Å². The maximum atomic E-state index is 11.7. The van der Waals surface area contributed by atoms with Crippen molar-refractivity contribution in [2.24, 2.45) is 5.73 Å². The zero-order valence-corrected chi connectivity index (χ0v) is 11.1. The van der Waals surface area contributed by atoms with E-state index in [-0.39, 0.29) is 6.61 Å². The molecule has 0 bridgehead atoms. The van der Waals surface area contributed by atoms with Crippen molar-refractivity contribution in [3.8, 4) is 0 Å². The Morgan fingerprint density at radius 1 is 1.28 bits per heavy atom. The van der Waals surface area contributed by atoms with Gasteiger partial charge in [-0.2, -0.15) is 0 Å². The lowest BCUT2D eigenvalue weighted by atomic mass is 10.0. The van der Waals surface area contributed by atoms with Crippen LogP contribution in [0.5, 0.6) is 0 Å². The van der Waals surface area contributed by atoms with Crippen molar-refractivity contribution in [3.05, 3.63) is 35.4 Å². The van der Waals surface area contributed by atoms with E-state index in [4.69, 9.17) is 15.6 Å². The van der Waals surface area contributed by atoms with Crippen molar-refractivity contribution in [2.45, 2.75) is 45.4 Å². The highest BCUT2D eigenvalue weighted by molar-refractivity contribution is 5.76. The number of benzene rings is 1. The largest absolute Gasteiger partial charge is 0.459 e. The molecule has 4 nitrogen and oxygen atoms in total. The molecule has 100 valence electrons. The van der Waals surface area contributed by atoms with Crippen LogP contribution in [-0.2, 0) is 22.6 Å². The van der Waals surface area contributed by atoms with Crippen LogP contribution in [0.2, 0.25) is 0 Å². The number of carbonyl (C=O) groups is 1. The number of rotatable bonds is 4. The van der Waals surface area contributed by atoms with E-state index in [1.807, 2.05) is 45.0 Å². The molecule has 1 rings (SSSR count). The molecule has 0 radical (unpaired) electrons. The van der Waals surface area contributed by atoms with Gasteiger partial charge in [0.1, 0.15) is 11.6 Å². The van der Waals surface area contributed by atoms with Gasteiger partial charge in [0.25, 0.3) is 0 Å². The van der Waals surface area contributed by atoms with Crippen LogP contribution in [0.1, 0.15) is 31.9 Å². The molecule has 3 N–H and O–H groups in total. The summed E-state index contributed by atoms with van der Waals surface area (Å²) in [5, 5.41) is 8.93. The molecule has 1 atom stereocenters. The maximum absolute atomic E-state index is 11.7. The lowest BCUT2D eigenvalue weighted by Crippen LogP contribution is -2.38. The number of aliphatic hydroxyl groups is 1. The van der Waals surface area contributed by atoms with Crippen LogP contribution in [0.3, 0.4) is 0 Å². The smallest absolute Gasteiger partial charge is 0.323 e. The second kappa shape index (κ2) is 5.98. The Labute approximate surface area is 108 Å². The molecule has 0 heterocycles. The van der Waals surface area contributed by atoms with E-state index in [2.05, 4.69) is 0 Å². The molecular weight excluding hydrogens is 230 g/mol. The first-order valence-electron chi connectivity index (χ1n) is 5.99. The molecule has 0 spiro atoms. The van der Waals surface area contributed by atoms with E-state index in [0.29, 0.717) is 6.42 Å². The van der Waals surface area contributed by atoms with Crippen LogP contribution in [0.25, 0.3) is 0 Å². The lowest BCUT2D eigenvalue weighted by molar-refractivity contribution is -0.156. The molecular formula is C14H21NO3. The molecule has 0 saturated heterocycles. The third-order valence-corrected chi connectivity index (χ3v) is 2.37. The number of carbonyl (C=O) groups excluding carboxylic acids is 1. The Hall–Kier alpha value is -1.39. The van der Waals surface area contributed by atoms with Crippen molar-refractivity contribution in [1.29, 1.82) is 0 Å². The normalized spacial score (nSPS) is 13.2. The van der Waals surface area contributed by atoms with Gasteiger partial charge in [0.05, 0.1) is 6.61 Å². The van der Waals surface area contributed by atoms with Gasteiger partial charge in [-0.1, -0.05) is 24.3 Å². The summed E-state index contributed by atoms with van der Waals surface area (Å²) < 4.78 is 5.21. The van der Waals surface area contributed by atoms with Crippen molar-refractivity contribution in [1.82, 2.24) is 0 Å². The highest BCUT2D eigenvalue weighted by Gasteiger charge is 2.22. The summed E-state index contributed by atoms with van der Waals surface area (Å²) in [6.07, 6.45) is 0.431. The van der Waals surface area contributed by atoms with Crippen LogP contribution in [0.15, 0.2) is 24.3 Å². The summed E-state index contributed by atoms with van der Waals surface area (Å²) in [6.45, 7) is 5.45. The van der Waals surface area contributed by atoms with E-state index in [9.17, 15) is 4.79 Å². The Kier molecular flexibility index (Phi) is 4.87. The molecule has 1 aromatic rings. The second-order valence-corrected chi connectivity index (χ2v) is 5.32. The van der Waals surface area contributed by atoms with E-state index >= 15 is 0 Å². The predicted molar refractivity (Wildman–Crippen MR) is 69.9 cm³/mol. The number of ether oxygens (including phenoxy) is 1. The SMILES string of the molecule is CC(C)(C)OC(=O)C(N)Cc1ccc(CO)cc1. The highest BCUT2D eigenvalue weighted by atomic mass is 16.6. The van der Waals surface area contributed by atoms with Crippen LogP contribution in [0, 0.1) is 0 Å². The lowest BCUT2D eigenvalue weighted by Gasteiger charge is -2.22. The monoisotopic (exact) mass is 251 g/mol. The van der Waals surface area contributed by atoms with E-state index in [0.717, 1.165) is 11.1 Å². The van der Waals surface area contributed by atoms with Crippen LogP contribution < -0.4 is 5.73 Å². The minimum atomic E-state index is -0.663. The fraction of sp³-hybridized carbons (Fsp3) is 0.500. The number of hydrogen-bond donors (Lipinski definition) is 2. The Morgan fingerprint density at radius 2 is 1.78 bits per heavy atom. The first-order valence-corrected chi connectivity index (χ1v) is 5.99. The predicted octanol–water partition coefficient (Wildman–Crippen LogP) is 1.39. The Bertz CT molecular complexity index is 392. The molecule has 4 heteroatoms. The number of esters is 1. The summed E-state index contributed by atoms with van der Waals surface area (Å²) >= 11 is 0. The molecule has 1 unspecified atom stereocenters. The fourth-order valence-corrected chi connectivity index (χ4v) is 1.50. The van der Waals surface area contributed by atoms with Gasteiger partial charge in [0, 0.05) is 0 Å². The van der Waals surface area contributed by atoms with Gasteiger partial charge in [-0.25, -0.2) is 0 Å². The third-order valence-electron chi connectivity index (χ3n) is 2.37.